The van der Waals surface area contributed by atoms with Crippen LogP contribution in [-0.2, 0) is 4.79 Å². The van der Waals surface area contributed by atoms with Crippen molar-refractivity contribution in [2.45, 2.75) is 40.0 Å². The quantitative estimate of drug-likeness (QED) is 0.313. The molecule has 5 nitrogen and oxygen atoms in total. The number of nitrogens with one attached hydrogen (secondary N) is 1. The molecule has 1 amide bonds. The van der Waals surface area contributed by atoms with E-state index in [2.05, 4.69) is 24.1 Å². The molecule has 1 atom stereocenters. The van der Waals surface area contributed by atoms with Gasteiger partial charge in [-0.2, -0.15) is 0 Å². The van der Waals surface area contributed by atoms with E-state index < -0.39 is 0 Å². The number of aryl methyl sites for hydroxylation is 2. The van der Waals surface area contributed by atoms with E-state index in [1.165, 1.54) is 5.56 Å². The van der Waals surface area contributed by atoms with E-state index in [1.807, 2.05) is 50.2 Å². The number of amides is 1. The Kier molecular flexibility index (Phi) is 6.70. The molecule has 33 heavy (non-hydrogen) atoms. The molecule has 170 valence electrons. The highest BCUT2D eigenvalue weighted by molar-refractivity contribution is 6.33. The molecular weight excluding hydrogens is 436 g/mol. The number of nitrogens with zero attached hydrogens (tertiary/aromatic N) is 1. The molecule has 0 radical (unpaired) electrons. The first kappa shape index (κ1) is 22.9. The normalized spacial score (nSPS) is 12.0. The van der Waals surface area contributed by atoms with E-state index in [4.69, 9.17) is 20.8 Å². The van der Waals surface area contributed by atoms with Crippen molar-refractivity contribution in [3.8, 4) is 17.2 Å². The van der Waals surface area contributed by atoms with Gasteiger partial charge >= 0.3 is 0 Å². The lowest BCUT2D eigenvalue weighted by Crippen LogP contribution is -2.20. The second kappa shape index (κ2) is 9.67. The summed E-state index contributed by atoms with van der Waals surface area (Å²) < 4.78 is 11.6. The number of fused-ring (bicyclic) bond motifs is 1. The maximum absolute atomic E-state index is 12.5. The molecule has 0 saturated carbocycles. The Bertz CT molecular complexity index is 1290. The molecule has 1 aromatic heterocycles. The topological polar surface area (TPSA) is 64.4 Å². The molecule has 6 heteroatoms. The van der Waals surface area contributed by atoms with Crippen molar-refractivity contribution >= 4 is 34.3 Å². The highest BCUT2D eigenvalue weighted by Gasteiger charge is 2.15. The fraction of sp³-hybridized carbons (Fsp3) is 0.259. The molecule has 3 aromatic carbocycles. The van der Waals surface area contributed by atoms with Crippen LogP contribution in [0.15, 0.2) is 59.0 Å². The molecule has 0 aliphatic rings. The summed E-state index contributed by atoms with van der Waals surface area (Å²) in [6.07, 6.45) is 1.08. The number of benzene rings is 3. The summed E-state index contributed by atoms with van der Waals surface area (Å²) in [5.74, 6) is 1.30. The van der Waals surface area contributed by atoms with Crippen LogP contribution in [0.2, 0.25) is 5.02 Å². The van der Waals surface area contributed by atoms with Gasteiger partial charge < -0.3 is 14.5 Å². The average Bonchev–Trinajstić information content (AvgIpc) is 3.23. The fourth-order valence-corrected chi connectivity index (χ4v) is 3.93. The van der Waals surface area contributed by atoms with Crippen molar-refractivity contribution < 1.29 is 13.9 Å². The highest BCUT2D eigenvalue weighted by atomic mass is 35.5. The average molecular weight is 463 g/mol. The van der Waals surface area contributed by atoms with Gasteiger partial charge in [0.15, 0.2) is 12.2 Å². The SMILES string of the molecule is CC[C@H](C)c1ccc(OCC(=O)Nc2ccc(Cl)c(-c3nc4cc(C)cc(C)c4o3)c2)cc1. The molecule has 1 N–H and O–H groups in total. The van der Waals surface area contributed by atoms with E-state index in [0.29, 0.717) is 33.8 Å². The molecular formula is C27H27ClN2O3. The summed E-state index contributed by atoms with van der Waals surface area (Å²) in [5, 5.41) is 3.34. The van der Waals surface area contributed by atoms with Crippen LogP contribution in [0.1, 0.15) is 42.9 Å². The first-order valence-electron chi connectivity index (χ1n) is 11.0. The van der Waals surface area contributed by atoms with Crippen molar-refractivity contribution in [3.63, 3.8) is 0 Å². The van der Waals surface area contributed by atoms with Gasteiger partial charge in [-0.3, -0.25) is 4.79 Å². The van der Waals surface area contributed by atoms with Crippen LogP contribution >= 0.6 is 11.6 Å². The number of anilines is 1. The van der Waals surface area contributed by atoms with Crippen molar-refractivity contribution in [1.29, 1.82) is 0 Å². The lowest BCUT2D eigenvalue weighted by atomic mass is 9.99. The third kappa shape index (κ3) is 5.20. The zero-order valence-electron chi connectivity index (χ0n) is 19.2. The van der Waals surface area contributed by atoms with Gasteiger partial charge in [-0.1, -0.05) is 43.6 Å². The minimum atomic E-state index is -0.265. The van der Waals surface area contributed by atoms with Crippen molar-refractivity contribution in [2.75, 3.05) is 11.9 Å². The van der Waals surface area contributed by atoms with Crippen LogP contribution in [0, 0.1) is 13.8 Å². The third-order valence-corrected chi connectivity index (χ3v) is 6.06. The minimum absolute atomic E-state index is 0.0952. The summed E-state index contributed by atoms with van der Waals surface area (Å²) in [4.78, 5) is 17.1. The zero-order valence-corrected chi connectivity index (χ0v) is 20.0. The molecule has 4 rings (SSSR count). The number of halogens is 1. The number of hydrogen-bond donors (Lipinski definition) is 1. The summed E-state index contributed by atoms with van der Waals surface area (Å²) in [7, 11) is 0. The first-order chi connectivity index (χ1) is 15.8. The van der Waals surface area contributed by atoms with Gasteiger partial charge in [0, 0.05) is 5.69 Å². The predicted molar refractivity (Wildman–Crippen MR) is 133 cm³/mol. The Hall–Kier alpha value is -3.31. The molecule has 4 aromatic rings. The van der Waals surface area contributed by atoms with Crippen LogP contribution in [0.25, 0.3) is 22.6 Å². The summed E-state index contributed by atoms with van der Waals surface area (Å²) >= 11 is 6.42. The van der Waals surface area contributed by atoms with Gasteiger partial charge in [0.1, 0.15) is 11.3 Å². The van der Waals surface area contributed by atoms with Crippen LogP contribution in [0.4, 0.5) is 5.69 Å². The maximum Gasteiger partial charge on any atom is 0.262 e. The number of carbonyl (C=O) groups is 1. The Morgan fingerprint density at radius 2 is 1.88 bits per heavy atom. The largest absolute Gasteiger partial charge is 0.484 e. The molecule has 0 saturated heterocycles. The molecule has 1 heterocycles. The number of hydrogen-bond acceptors (Lipinski definition) is 4. The number of oxazole rings is 1. The molecule has 0 bridgehead atoms. The van der Waals surface area contributed by atoms with Gasteiger partial charge in [0.05, 0.1) is 10.6 Å². The third-order valence-electron chi connectivity index (χ3n) is 5.73. The standard InChI is InChI=1S/C27H27ClN2O3/c1-5-17(3)19-6-9-21(10-7-19)32-15-25(31)29-20-8-11-23(28)22(14-20)27-30-24-13-16(2)12-18(4)26(24)33-27/h6-14,17H,5,15H2,1-4H3,(H,29,31)/t17-/m0/s1. The minimum Gasteiger partial charge on any atom is -0.484 e. The summed E-state index contributed by atoms with van der Waals surface area (Å²) in [6, 6.07) is 17.1. The predicted octanol–water partition coefficient (Wildman–Crippen LogP) is 7.30. The van der Waals surface area contributed by atoms with E-state index in [0.717, 1.165) is 28.6 Å². The number of ether oxygens (including phenoxy) is 1. The second-order valence-corrected chi connectivity index (χ2v) is 8.77. The Labute approximate surface area is 198 Å². The lowest BCUT2D eigenvalue weighted by Gasteiger charge is -2.11. The highest BCUT2D eigenvalue weighted by Crippen LogP contribution is 2.33. The van der Waals surface area contributed by atoms with E-state index in [1.54, 1.807) is 18.2 Å². The molecule has 0 spiro atoms. The molecule has 0 unspecified atom stereocenters. The molecule has 0 aliphatic carbocycles. The fourth-order valence-electron chi connectivity index (χ4n) is 3.73. The first-order valence-corrected chi connectivity index (χ1v) is 11.4. The number of aromatic nitrogens is 1. The van der Waals surface area contributed by atoms with Gasteiger partial charge in [0.25, 0.3) is 5.91 Å². The van der Waals surface area contributed by atoms with E-state index in [-0.39, 0.29) is 12.5 Å². The van der Waals surface area contributed by atoms with Crippen LogP contribution in [0.3, 0.4) is 0 Å². The van der Waals surface area contributed by atoms with Gasteiger partial charge in [-0.05, 0) is 79.3 Å². The zero-order chi connectivity index (χ0) is 23.5. The Balaban J connectivity index is 1.45. The molecule has 0 fully saturated rings. The van der Waals surface area contributed by atoms with Crippen molar-refractivity contribution in [1.82, 2.24) is 4.98 Å². The smallest absolute Gasteiger partial charge is 0.262 e. The summed E-state index contributed by atoms with van der Waals surface area (Å²) in [5.41, 5.74) is 6.09. The van der Waals surface area contributed by atoms with Crippen molar-refractivity contribution in [3.05, 3.63) is 76.3 Å². The van der Waals surface area contributed by atoms with Gasteiger partial charge in [0.2, 0.25) is 5.89 Å². The van der Waals surface area contributed by atoms with E-state index in [9.17, 15) is 4.79 Å². The number of rotatable bonds is 7. The second-order valence-electron chi connectivity index (χ2n) is 8.36. The Morgan fingerprint density at radius 3 is 2.61 bits per heavy atom. The summed E-state index contributed by atoms with van der Waals surface area (Å²) in [6.45, 7) is 8.26. The van der Waals surface area contributed by atoms with Gasteiger partial charge in [-0.15, -0.1) is 0 Å². The monoisotopic (exact) mass is 462 g/mol. The van der Waals surface area contributed by atoms with Crippen LogP contribution in [-0.4, -0.2) is 17.5 Å². The Morgan fingerprint density at radius 1 is 1.12 bits per heavy atom. The number of carbonyl (C=O) groups excluding carboxylic acids is 1. The van der Waals surface area contributed by atoms with Gasteiger partial charge in [-0.25, -0.2) is 4.98 Å². The molecule has 0 aliphatic heterocycles. The lowest BCUT2D eigenvalue weighted by molar-refractivity contribution is -0.118. The van der Waals surface area contributed by atoms with Crippen LogP contribution in [0.5, 0.6) is 5.75 Å². The maximum atomic E-state index is 12.5. The van der Waals surface area contributed by atoms with E-state index >= 15 is 0 Å². The van der Waals surface area contributed by atoms with Crippen LogP contribution < -0.4 is 10.1 Å². The van der Waals surface area contributed by atoms with Crippen molar-refractivity contribution in [2.24, 2.45) is 0 Å².